The topological polar surface area (TPSA) is 90.1 Å². The Morgan fingerprint density at radius 2 is 1.92 bits per heavy atom. The second-order valence-corrected chi connectivity index (χ2v) is 10.6. The Balaban J connectivity index is 1.28. The van der Waals surface area contributed by atoms with E-state index in [1.165, 1.54) is 11.5 Å². The van der Waals surface area contributed by atoms with Gasteiger partial charge in [0.05, 0.1) is 20.4 Å². The zero-order chi connectivity index (χ0) is 25.7. The van der Waals surface area contributed by atoms with Crippen LogP contribution in [0.1, 0.15) is 46.2 Å². The molecule has 0 aliphatic heterocycles. The molecule has 6 rings (SSSR count). The van der Waals surface area contributed by atoms with Crippen LogP contribution in [-0.2, 0) is 6.61 Å². The fraction of sp³-hybridized carbons (Fsp3) is 0.185. The van der Waals surface area contributed by atoms with Crippen LogP contribution in [0.3, 0.4) is 0 Å². The molecule has 1 fully saturated rings. The van der Waals surface area contributed by atoms with Gasteiger partial charge in [-0.15, -0.1) is 5.10 Å². The van der Waals surface area contributed by atoms with E-state index in [-0.39, 0.29) is 12.3 Å². The zero-order valence-electron chi connectivity index (χ0n) is 19.6. The average molecular weight is 551 g/mol. The minimum Gasteiger partial charge on any atom is -0.487 e. The number of carbonyl (C=O) groups is 1. The monoisotopic (exact) mass is 550 g/mol. The van der Waals surface area contributed by atoms with Gasteiger partial charge >= 0.3 is 5.97 Å². The van der Waals surface area contributed by atoms with E-state index in [4.69, 9.17) is 27.9 Å². The number of benzene rings is 3. The molecule has 0 unspecified atom stereocenters. The van der Waals surface area contributed by atoms with E-state index in [2.05, 4.69) is 14.7 Å². The predicted octanol–water partition coefficient (Wildman–Crippen LogP) is 7.31. The molecule has 0 bridgehead atoms. The number of nitrogens with zero attached hydrogens (tertiary/aromatic N) is 4. The first kappa shape index (κ1) is 23.9. The number of aromatic carboxylic acids is 1. The molecule has 2 heterocycles. The van der Waals surface area contributed by atoms with E-state index >= 15 is 0 Å². The van der Waals surface area contributed by atoms with Crippen molar-refractivity contribution in [3.05, 3.63) is 87.3 Å². The number of hydrogen-bond acceptors (Lipinski definition) is 6. The molecule has 7 nitrogen and oxygen atoms in total. The lowest BCUT2D eigenvalue weighted by atomic mass is 9.99. The number of fused-ring (bicyclic) bond motifs is 1. The van der Waals surface area contributed by atoms with Crippen molar-refractivity contribution in [2.45, 2.75) is 32.3 Å². The molecule has 10 heteroatoms. The number of rotatable bonds is 7. The lowest BCUT2D eigenvalue weighted by molar-refractivity contribution is 0.0694. The van der Waals surface area contributed by atoms with Gasteiger partial charge in [0.15, 0.2) is 5.69 Å². The van der Waals surface area contributed by atoms with Crippen molar-refractivity contribution in [1.29, 1.82) is 0 Å². The van der Waals surface area contributed by atoms with E-state index in [1.807, 2.05) is 43.3 Å². The number of ether oxygens (including phenoxy) is 1. The van der Waals surface area contributed by atoms with Crippen LogP contribution in [0.15, 0.2) is 54.6 Å². The summed E-state index contributed by atoms with van der Waals surface area (Å²) in [6.45, 7) is 2.29. The van der Waals surface area contributed by atoms with Crippen LogP contribution >= 0.6 is 34.7 Å². The summed E-state index contributed by atoms with van der Waals surface area (Å²) in [6, 6.07) is 17.0. The maximum Gasteiger partial charge on any atom is 0.356 e. The van der Waals surface area contributed by atoms with Crippen molar-refractivity contribution in [2.24, 2.45) is 0 Å². The highest BCUT2D eigenvalue weighted by atomic mass is 35.5. The molecule has 2 aromatic heterocycles. The van der Waals surface area contributed by atoms with Crippen LogP contribution in [0, 0.1) is 6.92 Å². The highest BCUT2D eigenvalue weighted by Crippen LogP contribution is 2.42. The molecular weight excluding hydrogens is 531 g/mol. The van der Waals surface area contributed by atoms with Crippen molar-refractivity contribution in [1.82, 2.24) is 19.4 Å². The third-order valence-electron chi connectivity index (χ3n) is 6.47. The van der Waals surface area contributed by atoms with Gasteiger partial charge in [0.25, 0.3) is 0 Å². The van der Waals surface area contributed by atoms with Crippen molar-refractivity contribution in [3.63, 3.8) is 0 Å². The molecule has 1 N–H and O–H groups in total. The Morgan fingerprint density at radius 3 is 2.62 bits per heavy atom. The number of carboxylic acid groups (broad SMARTS) is 1. The molecule has 1 aliphatic carbocycles. The Morgan fingerprint density at radius 1 is 1.14 bits per heavy atom. The second-order valence-electron chi connectivity index (χ2n) is 8.99. The fourth-order valence-corrected chi connectivity index (χ4v) is 5.82. The zero-order valence-corrected chi connectivity index (χ0v) is 21.9. The summed E-state index contributed by atoms with van der Waals surface area (Å²) in [5.41, 5.74) is 5.50. The third kappa shape index (κ3) is 4.45. The minimum atomic E-state index is -1.02. The van der Waals surface area contributed by atoms with E-state index in [0.717, 1.165) is 45.6 Å². The molecule has 5 aromatic rings. The largest absolute Gasteiger partial charge is 0.487 e. The van der Waals surface area contributed by atoms with Gasteiger partial charge in [-0.05, 0) is 78.3 Å². The van der Waals surface area contributed by atoms with E-state index in [9.17, 15) is 9.90 Å². The summed E-state index contributed by atoms with van der Waals surface area (Å²) >= 11 is 14.1. The second kappa shape index (κ2) is 9.45. The van der Waals surface area contributed by atoms with Crippen LogP contribution in [0.5, 0.6) is 5.75 Å². The first-order valence-corrected chi connectivity index (χ1v) is 13.2. The number of aryl methyl sites for hydroxylation is 1. The van der Waals surface area contributed by atoms with E-state index in [1.54, 1.807) is 22.9 Å². The standard InChI is InChI=1S/C27H20Cl2N4O3S/c1-14-11-17(8-10-18(14)16-7-9-19-23(12-16)37-31-25(19)27(34)35)36-13-22-24(15-5-6-15)30-32-33(22)26-20(28)3-2-4-21(26)29/h2-4,7-12,15H,5-6,13H2,1H3,(H,34,35). The quantitative estimate of drug-likeness (QED) is 0.228. The molecule has 0 amide bonds. The highest BCUT2D eigenvalue weighted by molar-refractivity contribution is 7.13. The van der Waals surface area contributed by atoms with Crippen LogP contribution in [0.4, 0.5) is 0 Å². The molecule has 3 aromatic carbocycles. The lowest BCUT2D eigenvalue weighted by Gasteiger charge is -2.14. The molecular formula is C27H20Cl2N4O3S. The van der Waals surface area contributed by atoms with Gasteiger partial charge in [0.1, 0.15) is 23.7 Å². The van der Waals surface area contributed by atoms with Gasteiger partial charge < -0.3 is 9.84 Å². The Kier molecular flexibility index (Phi) is 6.10. The number of carboxylic acids is 1. The predicted molar refractivity (Wildman–Crippen MR) is 144 cm³/mol. The minimum absolute atomic E-state index is 0.0874. The molecule has 1 saturated carbocycles. The SMILES string of the molecule is Cc1cc(OCc2c(C3CC3)nnn2-c2c(Cl)cccc2Cl)ccc1-c1ccc2c(C(=O)O)nsc2c1. The first-order chi connectivity index (χ1) is 17.9. The summed E-state index contributed by atoms with van der Waals surface area (Å²) in [4.78, 5) is 11.4. The maximum atomic E-state index is 11.4. The van der Waals surface area contributed by atoms with E-state index < -0.39 is 5.97 Å². The lowest BCUT2D eigenvalue weighted by Crippen LogP contribution is -2.08. The van der Waals surface area contributed by atoms with Gasteiger partial charge in [-0.3, -0.25) is 0 Å². The molecule has 1 aliphatic rings. The van der Waals surface area contributed by atoms with Gasteiger partial charge in [0, 0.05) is 11.3 Å². The van der Waals surface area contributed by atoms with E-state index in [0.29, 0.717) is 32.8 Å². The molecule has 0 radical (unpaired) electrons. The third-order valence-corrected chi connectivity index (χ3v) is 7.88. The van der Waals surface area contributed by atoms with Crippen LogP contribution in [-0.4, -0.2) is 30.4 Å². The summed E-state index contributed by atoms with van der Waals surface area (Å²) in [6.07, 6.45) is 2.15. The van der Waals surface area contributed by atoms with Crippen molar-refractivity contribution in [3.8, 4) is 22.6 Å². The summed E-state index contributed by atoms with van der Waals surface area (Å²) in [5.74, 6) is 0.0731. The number of halogens is 2. The maximum absolute atomic E-state index is 11.4. The van der Waals surface area contributed by atoms with Gasteiger partial charge in [0.2, 0.25) is 0 Å². The van der Waals surface area contributed by atoms with Gasteiger partial charge in [-0.1, -0.05) is 52.7 Å². The Hall–Kier alpha value is -3.46. The normalized spacial score (nSPS) is 13.3. The van der Waals surface area contributed by atoms with Crippen LogP contribution in [0.2, 0.25) is 10.0 Å². The molecule has 0 saturated heterocycles. The molecule has 0 spiro atoms. The van der Waals surface area contributed by atoms with Crippen molar-refractivity contribution in [2.75, 3.05) is 0 Å². The van der Waals surface area contributed by atoms with Gasteiger partial charge in [-0.2, -0.15) is 4.37 Å². The Labute approximate surface area is 226 Å². The average Bonchev–Trinajstić information content (AvgIpc) is 3.49. The summed E-state index contributed by atoms with van der Waals surface area (Å²) in [7, 11) is 0. The fourth-order valence-electron chi connectivity index (χ4n) is 4.45. The number of aromatic nitrogens is 4. The molecule has 0 atom stereocenters. The van der Waals surface area contributed by atoms with Crippen LogP contribution in [0.25, 0.3) is 26.9 Å². The van der Waals surface area contributed by atoms with Gasteiger partial charge in [-0.25, -0.2) is 9.48 Å². The molecule has 186 valence electrons. The Bertz CT molecular complexity index is 1660. The van der Waals surface area contributed by atoms with Crippen molar-refractivity contribution >= 4 is 50.8 Å². The van der Waals surface area contributed by atoms with Crippen LogP contribution < -0.4 is 4.74 Å². The van der Waals surface area contributed by atoms with Crippen molar-refractivity contribution < 1.29 is 14.6 Å². The first-order valence-electron chi connectivity index (χ1n) is 11.7. The smallest absolute Gasteiger partial charge is 0.356 e. The molecule has 37 heavy (non-hydrogen) atoms. The highest BCUT2D eigenvalue weighted by Gasteiger charge is 2.32. The number of hydrogen-bond donors (Lipinski definition) is 1. The number of para-hydroxylation sites is 1. The summed E-state index contributed by atoms with van der Waals surface area (Å²) in [5, 5.41) is 19.8. The summed E-state index contributed by atoms with van der Waals surface area (Å²) < 4.78 is 12.8.